The molecule has 3 aromatic carbocycles. The molecule has 4 aliphatic rings. The van der Waals surface area contributed by atoms with Gasteiger partial charge in [0.1, 0.15) is 36.1 Å². The number of hydrogen-bond acceptors (Lipinski definition) is 10. The van der Waals surface area contributed by atoms with Gasteiger partial charge in [-0.3, -0.25) is 9.59 Å². The van der Waals surface area contributed by atoms with Gasteiger partial charge >= 0.3 is 6.18 Å². The highest BCUT2D eigenvalue weighted by atomic mass is 19.4. The minimum absolute atomic E-state index is 0.0257. The number of likely N-dealkylation sites (tertiary alicyclic amines) is 3. The van der Waals surface area contributed by atoms with Crippen LogP contribution in [-0.4, -0.2) is 125 Å². The van der Waals surface area contributed by atoms with Crippen LogP contribution in [0.1, 0.15) is 54.8 Å². The van der Waals surface area contributed by atoms with Gasteiger partial charge < -0.3 is 48.5 Å². The monoisotopic (exact) mass is 988 g/mol. The molecule has 3 saturated heterocycles. The Kier molecular flexibility index (Phi) is 13.8. The first-order valence-electron chi connectivity index (χ1n) is 24.8. The number of amides is 1. The van der Waals surface area contributed by atoms with Crippen LogP contribution in [0.3, 0.4) is 0 Å². The standard InChI is InChI=1S/C55H60F4N8O5/c1-36-53(37(2)72-62-36)39-12-17-51(68)65(30-39)29-38-7-4-9-44(25-38)70-32-52(69)66-33-54(34-66)19-23-64(24-20-54)42-26-45(27-42)71-43-15-13-40(14-16-43)60-21-6-8-41-28-46-48(61-49-18-22-63(3)31-47(49)56)10-5-11-50(46)67(41)35-55(57,58)59/h4-5,7,9-17,25,28,30,42,45,47,49,60-61H,18-24,26-27,29,31-35H2,1-3H3/t42?,45?,47-,49+/m0/s1. The summed E-state index contributed by atoms with van der Waals surface area (Å²) in [6.45, 7) is 7.58. The van der Waals surface area contributed by atoms with Gasteiger partial charge in [0.05, 0.1) is 36.0 Å². The number of carbonyl (C=O) groups excluding carboxylic acids is 1. The van der Waals surface area contributed by atoms with E-state index in [-0.39, 0.29) is 41.8 Å². The van der Waals surface area contributed by atoms with E-state index in [0.717, 1.165) is 92.2 Å². The molecular weight excluding hydrogens is 929 g/mol. The summed E-state index contributed by atoms with van der Waals surface area (Å²) in [6, 6.07) is 25.3. The fourth-order valence-corrected chi connectivity index (χ4v) is 10.8. The van der Waals surface area contributed by atoms with Crippen molar-refractivity contribution in [2.24, 2.45) is 5.41 Å². The van der Waals surface area contributed by atoms with Crippen molar-refractivity contribution in [3.8, 4) is 34.5 Å². The lowest BCUT2D eigenvalue weighted by Gasteiger charge is -2.56. The predicted molar refractivity (Wildman–Crippen MR) is 268 cm³/mol. The summed E-state index contributed by atoms with van der Waals surface area (Å²) in [5, 5.41) is 11.1. The molecule has 0 bridgehead atoms. The van der Waals surface area contributed by atoms with E-state index in [1.807, 2.05) is 85.4 Å². The molecule has 10 rings (SSSR count). The normalized spacial score (nSPS) is 21.1. The van der Waals surface area contributed by atoms with Crippen LogP contribution < -0.4 is 25.7 Å². The Hall–Kier alpha value is -6.77. The number of aryl methyl sites for hydroxylation is 2. The minimum Gasteiger partial charge on any atom is -0.490 e. The second-order valence-electron chi connectivity index (χ2n) is 20.1. The summed E-state index contributed by atoms with van der Waals surface area (Å²) in [6.07, 6.45) is 0.987. The van der Waals surface area contributed by atoms with Crippen molar-refractivity contribution in [3.05, 3.63) is 124 Å². The van der Waals surface area contributed by atoms with E-state index in [4.69, 9.17) is 14.0 Å². The molecule has 1 amide bonds. The van der Waals surface area contributed by atoms with Crippen molar-refractivity contribution in [1.29, 1.82) is 0 Å². The van der Waals surface area contributed by atoms with Gasteiger partial charge in [0.2, 0.25) is 0 Å². The number of piperidine rings is 2. The van der Waals surface area contributed by atoms with Crippen molar-refractivity contribution in [1.82, 2.24) is 29.0 Å². The fraction of sp³-hybridized carbons (Fsp3) is 0.436. The average Bonchev–Trinajstić information content (AvgIpc) is 3.86. The highest BCUT2D eigenvalue weighted by Gasteiger charge is 2.48. The number of hydrogen-bond donors (Lipinski definition) is 2. The van der Waals surface area contributed by atoms with Crippen LogP contribution >= 0.6 is 0 Å². The van der Waals surface area contributed by atoms with E-state index in [9.17, 15) is 27.2 Å². The smallest absolute Gasteiger partial charge is 0.406 e. The van der Waals surface area contributed by atoms with E-state index in [2.05, 4.69) is 32.5 Å². The van der Waals surface area contributed by atoms with Gasteiger partial charge in [-0.15, -0.1) is 0 Å². The number of rotatable bonds is 14. The molecule has 72 heavy (non-hydrogen) atoms. The topological polar surface area (TPSA) is 122 Å². The zero-order valence-corrected chi connectivity index (χ0v) is 40.8. The number of pyridine rings is 1. The lowest BCUT2D eigenvalue weighted by molar-refractivity contribution is -0.150. The highest BCUT2D eigenvalue weighted by Crippen LogP contribution is 2.43. The van der Waals surface area contributed by atoms with Crippen molar-refractivity contribution in [2.45, 2.75) is 89.6 Å². The Morgan fingerprint density at radius 1 is 0.958 bits per heavy atom. The molecule has 2 atom stereocenters. The van der Waals surface area contributed by atoms with Crippen molar-refractivity contribution >= 4 is 28.2 Å². The number of anilines is 2. The quantitative estimate of drug-likeness (QED) is 0.0812. The molecule has 3 aromatic heterocycles. The predicted octanol–water partition coefficient (Wildman–Crippen LogP) is 8.52. The van der Waals surface area contributed by atoms with Crippen LogP contribution in [-0.2, 0) is 17.9 Å². The minimum atomic E-state index is -4.45. The molecule has 17 heteroatoms. The molecule has 2 N–H and O–H groups in total. The van der Waals surface area contributed by atoms with E-state index in [1.54, 1.807) is 41.0 Å². The first-order valence-corrected chi connectivity index (χ1v) is 24.8. The Labute approximate surface area is 416 Å². The molecule has 0 unspecified atom stereocenters. The number of halogens is 4. The zero-order chi connectivity index (χ0) is 50.1. The van der Waals surface area contributed by atoms with Gasteiger partial charge in [0.25, 0.3) is 11.5 Å². The molecule has 378 valence electrons. The van der Waals surface area contributed by atoms with E-state index in [1.165, 1.54) is 4.57 Å². The first-order chi connectivity index (χ1) is 34.6. The Bertz CT molecular complexity index is 3010. The van der Waals surface area contributed by atoms with Crippen molar-refractivity contribution in [3.63, 3.8) is 0 Å². The van der Waals surface area contributed by atoms with E-state index < -0.39 is 24.9 Å². The lowest BCUT2D eigenvalue weighted by Crippen LogP contribution is -2.64. The summed E-state index contributed by atoms with van der Waals surface area (Å²) < 4.78 is 76.6. The Balaban J connectivity index is 0.643. The number of ether oxygens (including phenoxy) is 2. The SMILES string of the molecule is Cc1noc(C)c1-c1ccc(=O)n(Cc2cccc(OCC(=O)N3CC4(CCN(C5CC(Oc6ccc(NCC#Cc7cc8c(N[C@@H]9CCN(C)C[C@@H]9F)cccc8n7CC(F)(F)F)cc6)C5)CC4)C3)c2)c1. The maximum absolute atomic E-state index is 14.9. The summed E-state index contributed by atoms with van der Waals surface area (Å²) in [4.78, 5) is 32.3. The molecule has 6 aromatic rings. The third kappa shape index (κ3) is 11.0. The summed E-state index contributed by atoms with van der Waals surface area (Å²) >= 11 is 0. The fourth-order valence-electron chi connectivity index (χ4n) is 10.8. The lowest BCUT2D eigenvalue weighted by atomic mass is 9.71. The van der Waals surface area contributed by atoms with Crippen LogP contribution in [0.5, 0.6) is 11.5 Å². The number of fused-ring (bicyclic) bond motifs is 1. The molecule has 1 spiro atoms. The van der Waals surface area contributed by atoms with E-state index in [0.29, 0.717) is 53.7 Å². The van der Waals surface area contributed by atoms with Gasteiger partial charge in [-0.1, -0.05) is 29.3 Å². The van der Waals surface area contributed by atoms with Crippen LogP contribution in [0.25, 0.3) is 22.0 Å². The molecule has 6 heterocycles. The molecule has 1 aliphatic carbocycles. The van der Waals surface area contributed by atoms with Crippen LogP contribution in [0.2, 0.25) is 0 Å². The maximum Gasteiger partial charge on any atom is 0.406 e. The van der Waals surface area contributed by atoms with Crippen LogP contribution in [0, 0.1) is 31.1 Å². The second-order valence-corrected chi connectivity index (χ2v) is 20.1. The molecule has 13 nitrogen and oxygen atoms in total. The number of nitrogens with zero attached hydrogens (tertiary/aromatic N) is 6. The average molecular weight is 989 g/mol. The van der Waals surface area contributed by atoms with Crippen molar-refractivity contribution in [2.75, 3.05) is 70.1 Å². The van der Waals surface area contributed by atoms with Gasteiger partial charge in [0, 0.05) is 90.6 Å². The third-order valence-corrected chi connectivity index (χ3v) is 14.9. The number of benzene rings is 3. The van der Waals surface area contributed by atoms with Crippen LogP contribution in [0.15, 0.2) is 100 Å². The zero-order valence-electron chi connectivity index (χ0n) is 40.8. The summed E-state index contributed by atoms with van der Waals surface area (Å²) in [5.41, 5.74) is 5.43. The summed E-state index contributed by atoms with van der Waals surface area (Å²) in [7, 11) is 1.87. The first kappa shape index (κ1) is 48.8. The van der Waals surface area contributed by atoms with Gasteiger partial charge in [-0.25, -0.2) is 4.39 Å². The number of aromatic nitrogens is 3. The second kappa shape index (κ2) is 20.4. The molecule has 1 saturated carbocycles. The number of alkyl halides is 4. The molecular formula is C55H60F4N8O5. The van der Waals surface area contributed by atoms with Gasteiger partial charge in [0.15, 0.2) is 6.61 Å². The van der Waals surface area contributed by atoms with Gasteiger partial charge in [-0.05, 0) is 125 Å². The molecule has 4 fully saturated rings. The highest BCUT2D eigenvalue weighted by molar-refractivity contribution is 5.94. The largest absolute Gasteiger partial charge is 0.490 e. The van der Waals surface area contributed by atoms with Crippen LogP contribution in [0.4, 0.5) is 28.9 Å². The number of carbonyl (C=O) groups is 1. The van der Waals surface area contributed by atoms with E-state index >= 15 is 0 Å². The Morgan fingerprint density at radius 3 is 2.47 bits per heavy atom. The number of nitrogens with one attached hydrogen (secondary N) is 2. The molecule has 0 radical (unpaired) electrons. The Morgan fingerprint density at radius 2 is 1.74 bits per heavy atom. The van der Waals surface area contributed by atoms with Crippen molar-refractivity contribution < 1.29 is 36.4 Å². The maximum atomic E-state index is 14.9. The van der Waals surface area contributed by atoms with Gasteiger partial charge in [-0.2, -0.15) is 13.2 Å². The molecule has 3 aliphatic heterocycles. The third-order valence-electron chi connectivity index (χ3n) is 14.9. The summed E-state index contributed by atoms with van der Waals surface area (Å²) in [5.74, 6) is 7.96.